The van der Waals surface area contributed by atoms with E-state index in [2.05, 4.69) is 10.2 Å². The van der Waals surface area contributed by atoms with Crippen LogP contribution in [-0.2, 0) is 10.8 Å². The van der Waals surface area contributed by atoms with Crippen molar-refractivity contribution >= 4 is 10.8 Å². The number of piperazine rings is 1. The maximum atomic E-state index is 11.0. The van der Waals surface area contributed by atoms with Crippen LogP contribution in [0.1, 0.15) is 12.8 Å². The van der Waals surface area contributed by atoms with Gasteiger partial charge < -0.3 is 5.32 Å². The minimum absolute atomic E-state index is 0.631. The van der Waals surface area contributed by atoms with Crippen molar-refractivity contribution in [2.24, 2.45) is 0 Å². The quantitative estimate of drug-likeness (QED) is 0.688. The molecule has 2 bridgehead atoms. The van der Waals surface area contributed by atoms with E-state index in [1.54, 1.807) is 6.26 Å². The summed E-state index contributed by atoms with van der Waals surface area (Å²) in [5.41, 5.74) is 0. The van der Waals surface area contributed by atoms with Crippen LogP contribution in [0.5, 0.6) is 0 Å². The highest BCUT2D eigenvalue weighted by Crippen LogP contribution is 2.21. The van der Waals surface area contributed by atoms with Crippen LogP contribution < -0.4 is 5.32 Å². The molecule has 0 radical (unpaired) electrons. The summed E-state index contributed by atoms with van der Waals surface area (Å²) in [6.07, 6.45) is 4.45. The first kappa shape index (κ1) is 9.62. The van der Waals surface area contributed by atoms with Crippen molar-refractivity contribution in [3.8, 4) is 0 Å². The van der Waals surface area contributed by atoms with Crippen LogP contribution in [0.2, 0.25) is 0 Å². The number of rotatable bonds is 3. The Labute approximate surface area is 82.3 Å². The molecule has 13 heavy (non-hydrogen) atoms. The van der Waals surface area contributed by atoms with Crippen molar-refractivity contribution in [3.05, 3.63) is 0 Å². The van der Waals surface area contributed by atoms with Crippen molar-refractivity contribution < 1.29 is 4.21 Å². The summed E-state index contributed by atoms with van der Waals surface area (Å²) < 4.78 is 11.0. The van der Waals surface area contributed by atoms with Gasteiger partial charge in [0.25, 0.3) is 0 Å². The molecule has 4 heteroatoms. The van der Waals surface area contributed by atoms with Gasteiger partial charge in [-0.15, -0.1) is 0 Å². The highest BCUT2D eigenvalue weighted by atomic mass is 32.2. The van der Waals surface area contributed by atoms with E-state index in [-0.39, 0.29) is 0 Å². The molecule has 0 aliphatic carbocycles. The molecule has 0 aromatic carbocycles. The Morgan fingerprint density at radius 2 is 2.38 bits per heavy atom. The van der Waals surface area contributed by atoms with Gasteiger partial charge in [-0.25, -0.2) is 0 Å². The summed E-state index contributed by atoms with van der Waals surface area (Å²) in [5.74, 6) is 0.837. The molecule has 3 heterocycles. The van der Waals surface area contributed by atoms with E-state index in [1.807, 2.05) is 0 Å². The minimum Gasteiger partial charge on any atom is -0.311 e. The Balaban J connectivity index is 1.83. The van der Waals surface area contributed by atoms with E-state index in [0.717, 1.165) is 18.8 Å². The second kappa shape index (κ2) is 4.07. The normalized spacial score (nSPS) is 36.4. The average molecular weight is 202 g/mol. The molecule has 3 rings (SSSR count). The molecule has 0 saturated carbocycles. The lowest BCUT2D eigenvalue weighted by Gasteiger charge is -2.45. The smallest absolute Gasteiger partial charge is 0.0359 e. The van der Waals surface area contributed by atoms with E-state index >= 15 is 0 Å². The van der Waals surface area contributed by atoms with Gasteiger partial charge in [0.15, 0.2) is 0 Å². The second-order valence-corrected chi connectivity index (χ2v) is 5.66. The molecule has 0 aromatic rings. The van der Waals surface area contributed by atoms with Gasteiger partial charge in [-0.1, -0.05) is 0 Å². The second-order valence-electron chi connectivity index (χ2n) is 4.11. The van der Waals surface area contributed by atoms with Crippen LogP contribution in [0.3, 0.4) is 0 Å². The maximum absolute atomic E-state index is 11.0. The van der Waals surface area contributed by atoms with Crippen LogP contribution in [0, 0.1) is 0 Å². The average Bonchev–Trinajstić information content (AvgIpc) is 2.17. The topological polar surface area (TPSA) is 32.3 Å². The summed E-state index contributed by atoms with van der Waals surface area (Å²) in [5, 5.41) is 3.52. The molecule has 76 valence electrons. The fourth-order valence-electron chi connectivity index (χ4n) is 2.32. The third-order valence-corrected chi connectivity index (χ3v) is 3.89. The Morgan fingerprint density at radius 1 is 1.54 bits per heavy atom. The van der Waals surface area contributed by atoms with Crippen molar-refractivity contribution in [3.63, 3.8) is 0 Å². The molecule has 3 saturated heterocycles. The molecule has 3 aliphatic rings. The molecule has 0 aromatic heterocycles. The number of hydrogen-bond acceptors (Lipinski definition) is 3. The molecule has 3 aliphatic heterocycles. The van der Waals surface area contributed by atoms with E-state index in [1.165, 1.54) is 19.4 Å². The van der Waals surface area contributed by atoms with E-state index < -0.39 is 10.8 Å². The van der Waals surface area contributed by atoms with E-state index in [0.29, 0.717) is 12.1 Å². The van der Waals surface area contributed by atoms with Gasteiger partial charge in [0.05, 0.1) is 0 Å². The lowest BCUT2D eigenvalue weighted by atomic mass is 9.93. The summed E-state index contributed by atoms with van der Waals surface area (Å²) in [6, 6.07) is 1.42. The molecular weight excluding hydrogens is 184 g/mol. The highest BCUT2D eigenvalue weighted by Gasteiger charge is 2.32. The summed E-state index contributed by atoms with van der Waals surface area (Å²) in [6.45, 7) is 3.33. The van der Waals surface area contributed by atoms with E-state index in [4.69, 9.17) is 0 Å². The SMILES string of the molecule is CS(=O)CCN1CC2CCC1CN2. The first-order chi connectivity index (χ1) is 6.25. The van der Waals surface area contributed by atoms with Crippen LogP contribution in [0.4, 0.5) is 0 Å². The molecular formula is C9H18N2OS. The highest BCUT2D eigenvalue weighted by molar-refractivity contribution is 7.84. The van der Waals surface area contributed by atoms with Gasteiger partial charge in [-0.3, -0.25) is 9.11 Å². The zero-order valence-corrected chi connectivity index (χ0v) is 8.98. The lowest BCUT2D eigenvalue weighted by molar-refractivity contribution is 0.0816. The van der Waals surface area contributed by atoms with Gasteiger partial charge >= 0.3 is 0 Å². The molecule has 1 N–H and O–H groups in total. The molecule has 3 fully saturated rings. The molecule has 3 nitrogen and oxygen atoms in total. The van der Waals surface area contributed by atoms with Gasteiger partial charge in [0.2, 0.25) is 0 Å². The first-order valence-corrected chi connectivity index (χ1v) is 6.76. The summed E-state index contributed by atoms with van der Waals surface area (Å²) in [7, 11) is -0.631. The number of fused-ring (bicyclic) bond motifs is 3. The molecule has 3 unspecified atom stereocenters. The number of nitrogens with one attached hydrogen (secondary N) is 1. The summed E-state index contributed by atoms with van der Waals surface area (Å²) >= 11 is 0. The van der Waals surface area contributed by atoms with Crippen LogP contribution in [-0.4, -0.2) is 52.8 Å². The standard InChI is InChI=1S/C9H18N2OS/c1-13(12)5-4-11-7-8-2-3-9(11)6-10-8/h8-10H,2-7H2,1H3. The number of nitrogens with zero attached hydrogens (tertiary/aromatic N) is 1. The van der Waals surface area contributed by atoms with Crippen molar-refractivity contribution in [2.75, 3.05) is 31.6 Å². The van der Waals surface area contributed by atoms with Crippen LogP contribution in [0.25, 0.3) is 0 Å². The largest absolute Gasteiger partial charge is 0.311 e. The molecule has 0 spiro atoms. The molecule has 3 atom stereocenters. The van der Waals surface area contributed by atoms with Gasteiger partial charge in [-0.05, 0) is 12.8 Å². The Morgan fingerprint density at radius 3 is 2.85 bits per heavy atom. The Bertz CT molecular complexity index is 202. The van der Waals surface area contributed by atoms with E-state index in [9.17, 15) is 4.21 Å². The zero-order valence-electron chi connectivity index (χ0n) is 8.16. The van der Waals surface area contributed by atoms with Crippen LogP contribution in [0.15, 0.2) is 0 Å². The fraction of sp³-hybridized carbons (Fsp3) is 1.00. The third-order valence-electron chi connectivity index (χ3n) is 3.13. The predicted octanol–water partition coefficient (Wildman–Crippen LogP) is -0.199. The van der Waals surface area contributed by atoms with Crippen molar-refractivity contribution in [1.29, 1.82) is 0 Å². The van der Waals surface area contributed by atoms with Gasteiger partial charge in [0, 0.05) is 54.5 Å². The Kier molecular flexibility index (Phi) is 3.01. The number of hydrogen-bond donors (Lipinski definition) is 1. The van der Waals surface area contributed by atoms with Crippen LogP contribution >= 0.6 is 0 Å². The Hall–Kier alpha value is 0.0700. The first-order valence-electron chi connectivity index (χ1n) is 5.03. The predicted molar refractivity (Wildman–Crippen MR) is 55.3 cm³/mol. The van der Waals surface area contributed by atoms with Crippen molar-refractivity contribution in [2.45, 2.75) is 24.9 Å². The van der Waals surface area contributed by atoms with Crippen molar-refractivity contribution in [1.82, 2.24) is 10.2 Å². The fourth-order valence-corrected chi connectivity index (χ4v) is 2.81. The zero-order chi connectivity index (χ0) is 9.26. The molecule has 0 amide bonds. The minimum atomic E-state index is -0.631. The van der Waals surface area contributed by atoms with Gasteiger partial charge in [-0.2, -0.15) is 0 Å². The monoisotopic (exact) mass is 202 g/mol. The lowest BCUT2D eigenvalue weighted by Crippen LogP contribution is -2.61. The third kappa shape index (κ3) is 2.30. The van der Waals surface area contributed by atoms with Gasteiger partial charge in [0.1, 0.15) is 0 Å². The maximum Gasteiger partial charge on any atom is 0.0359 e. The summed E-state index contributed by atoms with van der Waals surface area (Å²) in [4.78, 5) is 2.51. The number of piperidine rings is 2.